The number of nitrogens with zero attached hydrogens (tertiary/aromatic N) is 2. The molecule has 3 aromatic rings. The minimum Gasteiger partial charge on any atom is -0.352 e. The first-order valence-corrected chi connectivity index (χ1v) is 8.15. The average molecular weight is 338 g/mol. The van der Waals surface area contributed by atoms with E-state index in [2.05, 4.69) is 32.0 Å². The Hall–Kier alpha value is -2.73. The molecule has 0 aliphatic carbocycles. The van der Waals surface area contributed by atoms with E-state index in [1.165, 1.54) is 5.56 Å². The zero-order chi connectivity index (χ0) is 16.8. The van der Waals surface area contributed by atoms with Gasteiger partial charge in [-0.1, -0.05) is 42.5 Å². The largest absolute Gasteiger partial charge is 0.352 e. The van der Waals surface area contributed by atoms with Crippen LogP contribution in [0.4, 0.5) is 0 Å². The van der Waals surface area contributed by atoms with Crippen molar-refractivity contribution in [1.82, 2.24) is 19.9 Å². The maximum atomic E-state index is 12.1. The topological polar surface area (TPSA) is 62.7 Å². The third-order valence-electron chi connectivity index (χ3n) is 3.69. The molecule has 122 valence electrons. The van der Waals surface area contributed by atoms with Crippen LogP contribution in [0.3, 0.4) is 0 Å². The molecule has 2 N–H and O–H groups in total. The molecule has 0 atom stereocenters. The second kappa shape index (κ2) is 7.70. The molecule has 0 aliphatic rings. The van der Waals surface area contributed by atoms with Crippen LogP contribution in [0.2, 0.25) is 0 Å². The molecule has 2 heterocycles. The lowest BCUT2D eigenvalue weighted by molar-refractivity contribution is 0.0953. The Balaban J connectivity index is 1.58. The highest BCUT2D eigenvalue weighted by molar-refractivity contribution is 7.71. The van der Waals surface area contributed by atoms with Gasteiger partial charge in [-0.2, -0.15) is 0 Å². The Morgan fingerprint density at radius 2 is 2.04 bits per heavy atom. The molecule has 0 fully saturated rings. The second-order valence-corrected chi connectivity index (χ2v) is 5.78. The third kappa shape index (κ3) is 3.97. The second-order valence-electron chi connectivity index (χ2n) is 5.38. The lowest BCUT2D eigenvalue weighted by atomic mass is 10.2. The van der Waals surface area contributed by atoms with E-state index in [0.717, 1.165) is 12.4 Å². The molecule has 0 spiro atoms. The van der Waals surface area contributed by atoms with Crippen LogP contribution >= 0.6 is 12.2 Å². The highest BCUT2D eigenvalue weighted by Gasteiger charge is 2.08. The van der Waals surface area contributed by atoms with Crippen molar-refractivity contribution >= 4 is 18.1 Å². The zero-order valence-electron chi connectivity index (χ0n) is 13.1. The van der Waals surface area contributed by atoms with Gasteiger partial charge in [0.1, 0.15) is 10.5 Å². The minimum atomic E-state index is -0.169. The number of hydrogen-bond donors (Lipinski definition) is 2. The molecule has 0 bridgehead atoms. The van der Waals surface area contributed by atoms with Crippen molar-refractivity contribution in [3.8, 4) is 0 Å². The van der Waals surface area contributed by atoms with E-state index in [1.807, 2.05) is 24.4 Å². The van der Waals surface area contributed by atoms with Gasteiger partial charge in [0.05, 0.1) is 5.56 Å². The van der Waals surface area contributed by atoms with E-state index in [1.54, 1.807) is 24.5 Å². The molecule has 0 unspecified atom stereocenters. The Morgan fingerprint density at radius 1 is 1.21 bits per heavy atom. The van der Waals surface area contributed by atoms with E-state index >= 15 is 0 Å². The van der Waals surface area contributed by atoms with E-state index in [9.17, 15) is 4.79 Å². The summed E-state index contributed by atoms with van der Waals surface area (Å²) in [7, 11) is 0. The summed E-state index contributed by atoms with van der Waals surface area (Å²) in [5.41, 5.74) is 1.71. The molecule has 5 nitrogen and oxygen atoms in total. The van der Waals surface area contributed by atoms with Crippen LogP contribution in [0.15, 0.2) is 61.1 Å². The number of pyridine rings is 1. The van der Waals surface area contributed by atoms with E-state index < -0.39 is 0 Å². The number of aromatic amines is 1. The van der Waals surface area contributed by atoms with Gasteiger partial charge in [0.25, 0.3) is 5.91 Å². The number of benzene rings is 1. The van der Waals surface area contributed by atoms with Gasteiger partial charge in [0, 0.05) is 38.1 Å². The third-order valence-corrected chi connectivity index (χ3v) is 4.03. The molecule has 0 saturated carbocycles. The number of carbonyl (C=O) groups is 1. The fourth-order valence-corrected chi connectivity index (χ4v) is 2.70. The molecule has 0 aliphatic heterocycles. The molecule has 3 rings (SSSR count). The normalized spacial score (nSPS) is 10.5. The highest BCUT2D eigenvalue weighted by Crippen LogP contribution is 2.06. The monoisotopic (exact) mass is 338 g/mol. The average Bonchev–Trinajstić information content (AvgIpc) is 3.03. The molecule has 24 heavy (non-hydrogen) atoms. The van der Waals surface area contributed by atoms with Gasteiger partial charge in [0.15, 0.2) is 0 Å². The number of hydrogen-bond acceptors (Lipinski definition) is 3. The van der Waals surface area contributed by atoms with Gasteiger partial charge in [-0.15, -0.1) is 0 Å². The lowest BCUT2D eigenvalue weighted by Gasteiger charge is -2.09. The molecular weight excluding hydrogens is 320 g/mol. The minimum absolute atomic E-state index is 0.169. The van der Waals surface area contributed by atoms with Gasteiger partial charge >= 0.3 is 0 Å². The maximum Gasteiger partial charge on any atom is 0.254 e. The van der Waals surface area contributed by atoms with E-state index in [-0.39, 0.29) is 5.91 Å². The quantitative estimate of drug-likeness (QED) is 0.679. The van der Waals surface area contributed by atoms with Gasteiger partial charge in [-0.05, 0) is 17.7 Å². The summed E-state index contributed by atoms with van der Waals surface area (Å²) in [6, 6.07) is 13.7. The summed E-state index contributed by atoms with van der Waals surface area (Å²) in [6.45, 7) is 1.28. The lowest BCUT2D eigenvalue weighted by Crippen LogP contribution is -2.27. The first-order chi connectivity index (χ1) is 11.7. The fourth-order valence-electron chi connectivity index (χ4n) is 2.48. The summed E-state index contributed by atoms with van der Waals surface area (Å²) < 4.78 is 2.54. The fraction of sp³-hybridized carbons (Fsp3) is 0.167. The standard InChI is InChI=1S/C18H18N4OS/c23-17(15-7-4-9-21-18(15)24)20-10-8-16-19-11-12-22(16)13-14-5-2-1-3-6-14/h1-7,9,11-12H,8,10,13H2,(H,20,23)(H,21,24). The molecule has 0 saturated heterocycles. The van der Waals surface area contributed by atoms with Gasteiger partial charge in [-0.25, -0.2) is 4.98 Å². The predicted molar refractivity (Wildman–Crippen MR) is 95.4 cm³/mol. The highest BCUT2D eigenvalue weighted by atomic mass is 32.1. The van der Waals surface area contributed by atoms with E-state index in [0.29, 0.717) is 23.2 Å². The maximum absolute atomic E-state index is 12.1. The van der Waals surface area contributed by atoms with Crippen LogP contribution in [-0.4, -0.2) is 27.0 Å². The van der Waals surface area contributed by atoms with Crippen LogP contribution in [0, 0.1) is 4.64 Å². The number of aromatic nitrogens is 3. The van der Waals surface area contributed by atoms with Crippen molar-refractivity contribution in [1.29, 1.82) is 0 Å². The molecule has 6 heteroatoms. The Labute approximate surface area is 145 Å². The van der Waals surface area contributed by atoms with Crippen molar-refractivity contribution < 1.29 is 4.79 Å². The Morgan fingerprint density at radius 3 is 2.83 bits per heavy atom. The molecule has 0 radical (unpaired) electrons. The number of nitrogens with one attached hydrogen (secondary N) is 2. The smallest absolute Gasteiger partial charge is 0.254 e. The molecule has 1 aromatic carbocycles. The summed E-state index contributed by atoms with van der Waals surface area (Å²) in [4.78, 5) is 19.4. The van der Waals surface area contributed by atoms with Crippen molar-refractivity contribution in [2.75, 3.05) is 6.54 Å². The van der Waals surface area contributed by atoms with Gasteiger partial charge < -0.3 is 14.9 Å². The van der Waals surface area contributed by atoms with Gasteiger partial charge in [-0.3, -0.25) is 4.79 Å². The summed E-state index contributed by atoms with van der Waals surface area (Å²) in [5, 5.41) is 2.89. The summed E-state index contributed by atoms with van der Waals surface area (Å²) in [6.07, 6.45) is 6.11. The van der Waals surface area contributed by atoms with Crippen molar-refractivity contribution in [2.45, 2.75) is 13.0 Å². The van der Waals surface area contributed by atoms with Crippen LogP contribution < -0.4 is 5.32 Å². The van der Waals surface area contributed by atoms with Crippen molar-refractivity contribution in [2.24, 2.45) is 0 Å². The number of carbonyl (C=O) groups excluding carboxylic acids is 1. The Kier molecular flexibility index (Phi) is 5.18. The zero-order valence-corrected chi connectivity index (χ0v) is 13.9. The summed E-state index contributed by atoms with van der Waals surface area (Å²) >= 11 is 5.12. The molecule has 2 aromatic heterocycles. The van der Waals surface area contributed by atoms with Crippen LogP contribution in [0.1, 0.15) is 21.7 Å². The molecular formula is C18H18N4OS. The van der Waals surface area contributed by atoms with Crippen LogP contribution in [0.25, 0.3) is 0 Å². The first kappa shape index (κ1) is 16.1. The Bertz CT molecular complexity index is 870. The van der Waals surface area contributed by atoms with Gasteiger partial charge in [0.2, 0.25) is 0 Å². The number of H-pyrrole nitrogens is 1. The first-order valence-electron chi connectivity index (χ1n) is 7.74. The number of amides is 1. The van der Waals surface area contributed by atoms with Crippen molar-refractivity contribution in [3.05, 3.63) is 82.6 Å². The SMILES string of the molecule is O=C(NCCc1nccn1Cc1ccccc1)c1ccc[nH]c1=S. The van der Waals surface area contributed by atoms with Crippen LogP contribution in [-0.2, 0) is 13.0 Å². The van der Waals surface area contributed by atoms with E-state index in [4.69, 9.17) is 12.2 Å². The van der Waals surface area contributed by atoms with Crippen LogP contribution in [0.5, 0.6) is 0 Å². The predicted octanol–water partition coefficient (Wildman–Crippen LogP) is 2.96. The molecule has 1 amide bonds. The summed E-state index contributed by atoms with van der Waals surface area (Å²) in [5.74, 6) is 0.774. The number of rotatable bonds is 6. The number of imidazole rings is 1. The van der Waals surface area contributed by atoms with Crippen molar-refractivity contribution in [3.63, 3.8) is 0 Å².